The minimum absolute atomic E-state index is 0.662. The molecule has 8 nitrogen and oxygen atoms in total. The van der Waals surface area contributed by atoms with Crippen LogP contribution in [0, 0.1) is 6.92 Å². The van der Waals surface area contributed by atoms with E-state index in [0.717, 1.165) is 82.7 Å². The van der Waals surface area contributed by atoms with Gasteiger partial charge in [0.1, 0.15) is 23.7 Å². The summed E-state index contributed by atoms with van der Waals surface area (Å²) in [6.45, 7) is 8.37. The molecule has 1 aromatic carbocycles. The molecule has 1 saturated heterocycles. The minimum Gasteiger partial charge on any atom is -0.492 e. The quantitative estimate of drug-likeness (QED) is 0.345. The number of thiazole rings is 1. The van der Waals surface area contributed by atoms with Gasteiger partial charge in [0.25, 0.3) is 0 Å². The van der Waals surface area contributed by atoms with Gasteiger partial charge >= 0.3 is 0 Å². The van der Waals surface area contributed by atoms with Crippen LogP contribution in [0.15, 0.2) is 40.3 Å². The highest BCUT2D eigenvalue weighted by atomic mass is 79.9. The number of hydrogen-bond donors (Lipinski definition) is 1. The zero-order valence-corrected chi connectivity index (χ0v) is 22.7. The number of piperazine rings is 1. The summed E-state index contributed by atoms with van der Waals surface area (Å²) in [6, 6.07) is 8.06. The van der Waals surface area contributed by atoms with E-state index in [-0.39, 0.29) is 0 Å². The molecular weight excluding hydrogens is 526 g/mol. The lowest BCUT2D eigenvalue weighted by atomic mass is 10.2. The van der Waals surface area contributed by atoms with Crippen molar-refractivity contribution in [2.24, 2.45) is 0 Å². The van der Waals surface area contributed by atoms with Crippen molar-refractivity contribution in [1.82, 2.24) is 29.7 Å². The highest BCUT2D eigenvalue weighted by Gasteiger charge is 2.23. The molecule has 3 aromatic heterocycles. The maximum absolute atomic E-state index is 5.82. The van der Waals surface area contributed by atoms with E-state index in [0.29, 0.717) is 6.61 Å². The SMILES string of the molecule is Cc1nc(CN2CCN(c3c(Br)cnc4nc(-c5ccc(OCCN(C)C)cc5)[nH]c34)CC2)cs1. The largest absolute Gasteiger partial charge is 0.492 e. The molecule has 1 aliphatic heterocycles. The number of H-pyrrole nitrogens is 1. The molecule has 5 rings (SSSR count). The van der Waals surface area contributed by atoms with Crippen LogP contribution in [-0.4, -0.2) is 83.2 Å². The zero-order chi connectivity index (χ0) is 24.4. The van der Waals surface area contributed by atoms with E-state index in [1.807, 2.05) is 44.6 Å². The monoisotopic (exact) mass is 555 g/mol. The van der Waals surface area contributed by atoms with Crippen LogP contribution in [0.1, 0.15) is 10.7 Å². The van der Waals surface area contributed by atoms with Gasteiger partial charge in [-0.25, -0.2) is 15.0 Å². The molecule has 1 N–H and O–H groups in total. The Hall–Kier alpha value is -2.53. The molecule has 0 bridgehead atoms. The average Bonchev–Trinajstić information content (AvgIpc) is 3.46. The third-order valence-electron chi connectivity index (χ3n) is 6.12. The Morgan fingerprint density at radius 3 is 2.57 bits per heavy atom. The first-order chi connectivity index (χ1) is 17.0. The van der Waals surface area contributed by atoms with Gasteiger partial charge in [-0.2, -0.15) is 0 Å². The van der Waals surface area contributed by atoms with Crippen LogP contribution in [-0.2, 0) is 6.54 Å². The number of nitrogens with zero attached hydrogens (tertiary/aromatic N) is 6. The van der Waals surface area contributed by atoms with E-state index in [1.165, 1.54) is 5.69 Å². The van der Waals surface area contributed by atoms with Crippen LogP contribution >= 0.6 is 27.3 Å². The molecule has 35 heavy (non-hydrogen) atoms. The second kappa shape index (κ2) is 10.6. The maximum Gasteiger partial charge on any atom is 0.180 e. The number of aryl methyl sites for hydroxylation is 1. The Morgan fingerprint density at radius 1 is 1.11 bits per heavy atom. The van der Waals surface area contributed by atoms with Crippen molar-refractivity contribution < 1.29 is 4.74 Å². The molecule has 4 aromatic rings. The van der Waals surface area contributed by atoms with E-state index < -0.39 is 0 Å². The Labute approximate surface area is 218 Å². The number of hydrogen-bond acceptors (Lipinski definition) is 8. The summed E-state index contributed by atoms with van der Waals surface area (Å²) < 4.78 is 6.80. The molecule has 0 spiro atoms. The Balaban J connectivity index is 1.30. The van der Waals surface area contributed by atoms with Crippen molar-refractivity contribution in [3.8, 4) is 17.1 Å². The molecule has 0 saturated carbocycles. The van der Waals surface area contributed by atoms with Crippen LogP contribution in [0.2, 0.25) is 0 Å². The number of nitrogens with one attached hydrogen (secondary N) is 1. The smallest absolute Gasteiger partial charge is 0.180 e. The predicted molar refractivity (Wildman–Crippen MR) is 145 cm³/mol. The fourth-order valence-corrected chi connectivity index (χ4v) is 5.42. The standard InChI is InChI=1S/C25H30BrN7OS/c1-17-28-19(16-35-17)15-32-8-10-33(11-9-32)23-21(26)14-27-25-22(23)29-24(30-25)18-4-6-20(7-5-18)34-13-12-31(2)3/h4-7,14,16H,8-13,15H2,1-3H3,(H,27,29,30). The number of rotatable bonds is 8. The topological polar surface area (TPSA) is 73.4 Å². The van der Waals surface area contributed by atoms with Crippen molar-refractivity contribution >= 4 is 44.1 Å². The number of aromatic nitrogens is 4. The molecule has 4 heterocycles. The van der Waals surface area contributed by atoms with Crippen molar-refractivity contribution in [2.75, 3.05) is 58.3 Å². The van der Waals surface area contributed by atoms with Crippen LogP contribution in [0.4, 0.5) is 5.69 Å². The van der Waals surface area contributed by atoms with Gasteiger partial charge < -0.3 is 19.5 Å². The van der Waals surface area contributed by atoms with Gasteiger partial charge in [-0.1, -0.05) is 0 Å². The Morgan fingerprint density at radius 2 is 1.89 bits per heavy atom. The first-order valence-corrected chi connectivity index (χ1v) is 13.4. The van der Waals surface area contributed by atoms with Crippen LogP contribution in [0.5, 0.6) is 5.75 Å². The fraction of sp³-hybridized carbons (Fsp3) is 0.400. The molecule has 0 amide bonds. The number of halogens is 1. The molecule has 0 aliphatic carbocycles. The van der Waals surface area contributed by atoms with Crippen molar-refractivity contribution in [3.63, 3.8) is 0 Å². The lowest BCUT2D eigenvalue weighted by molar-refractivity contribution is 0.247. The van der Waals surface area contributed by atoms with Crippen molar-refractivity contribution in [3.05, 3.63) is 51.0 Å². The first-order valence-electron chi connectivity index (χ1n) is 11.8. The second-order valence-electron chi connectivity index (χ2n) is 9.04. The Bertz CT molecular complexity index is 1280. The van der Waals surface area contributed by atoms with Crippen LogP contribution in [0.3, 0.4) is 0 Å². The lowest BCUT2D eigenvalue weighted by Gasteiger charge is -2.36. The van der Waals surface area contributed by atoms with E-state index in [4.69, 9.17) is 9.72 Å². The van der Waals surface area contributed by atoms with Gasteiger partial charge in [0, 0.05) is 56.4 Å². The summed E-state index contributed by atoms with van der Waals surface area (Å²) in [5.41, 5.74) is 4.99. The molecule has 0 atom stereocenters. The molecule has 0 radical (unpaired) electrons. The summed E-state index contributed by atoms with van der Waals surface area (Å²) >= 11 is 5.46. The summed E-state index contributed by atoms with van der Waals surface area (Å²) in [6.07, 6.45) is 1.86. The first kappa shape index (κ1) is 24.2. The second-order valence-corrected chi connectivity index (χ2v) is 11.0. The summed E-state index contributed by atoms with van der Waals surface area (Å²) in [5.74, 6) is 1.67. The number of anilines is 1. The van der Waals surface area contributed by atoms with Crippen molar-refractivity contribution in [1.29, 1.82) is 0 Å². The molecular formula is C25H30BrN7OS. The molecule has 1 aliphatic rings. The van der Waals surface area contributed by atoms with Gasteiger partial charge in [-0.3, -0.25) is 4.90 Å². The predicted octanol–water partition coefficient (Wildman–Crippen LogP) is 4.41. The lowest BCUT2D eigenvalue weighted by Crippen LogP contribution is -2.46. The minimum atomic E-state index is 0.662. The third-order valence-corrected chi connectivity index (χ3v) is 7.53. The molecule has 1 fully saturated rings. The van der Waals surface area contributed by atoms with Gasteiger partial charge in [-0.15, -0.1) is 11.3 Å². The summed E-state index contributed by atoms with van der Waals surface area (Å²) in [5, 5.41) is 3.29. The zero-order valence-electron chi connectivity index (χ0n) is 20.3. The average molecular weight is 557 g/mol. The van der Waals surface area contributed by atoms with Crippen molar-refractivity contribution in [2.45, 2.75) is 13.5 Å². The molecule has 0 unspecified atom stereocenters. The van der Waals surface area contributed by atoms with Gasteiger partial charge in [-0.05, 0) is 61.2 Å². The van der Waals surface area contributed by atoms with Gasteiger partial charge in [0.05, 0.1) is 20.9 Å². The summed E-state index contributed by atoms with van der Waals surface area (Å²) in [4.78, 5) is 24.5. The van der Waals surface area contributed by atoms with E-state index in [2.05, 4.69) is 57.9 Å². The normalized spacial score (nSPS) is 14.8. The molecule has 10 heteroatoms. The Kier molecular flexibility index (Phi) is 7.33. The number of fused-ring (bicyclic) bond motifs is 1. The number of aromatic amines is 1. The van der Waals surface area contributed by atoms with Gasteiger partial charge in [0.2, 0.25) is 0 Å². The number of imidazole rings is 1. The molecule has 184 valence electrons. The highest BCUT2D eigenvalue weighted by molar-refractivity contribution is 9.10. The number of pyridine rings is 1. The third kappa shape index (κ3) is 5.66. The van der Waals surface area contributed by atoms with E-state index in [9.17, 15) is 0 Å². The number of benzene rings is 1. The number of likely N-dealkylation sites (N-methyl/N-ethyl adjacent to an activating group) is 1. The van der Waals surface area contributed by atoms with E-state index in [1.54, 1.807) is 11.3 Å². The summed E-state index contributed by atoms with van der Waals surface area (Å²) in [7, 11) is 4.08. The van der Waals surface area contributed by atoms with Crippen LogP contribution in [0.25, 0.3) is 22.6 Å². The fourth-order valence-electron chi connectivity index (χ4n) is 4.26. The van der Waals surface area contributed by atoms with E-state index >= 15 is 0 Å². The maximum atomic E-state index is 5.82. The van der Waals surface area contributed by atoms with Crippen LogP contribution < -0.4 is 9.64 Å². The van der Waals surface area contributed by atoms with Gasteiger partial charge in [0.15, 0.2) is 5.65 Å². The number of ether oxygens (including phenoxy) is 1. The highest BCUT2D eigenvalue weighted by Crippen LogP contribution is 2.34.